The first-order valence-corrected chi connectivity index (χ1v) is 7.35. The molecule has 0 fully saturated rings. The summed E-state index contributed by atoms with van der Waals surface area (Å²) in [6, 6.07) is 9.53. The van der Waals surface area contributed by atoms with Crippen LogP contribution in [0.2, 0.25) is 0 Å². The molecule has 0 radical (unpaired) electrons. The number of carbonyl (C=O) groups excluding carboxylic acids is 1. The lowest BCUT2D eigenvalue weighted by atomic mass is 10.1. The Morgan fingerprint density at radius 1 is 1.39 bits per heavy atom. The molecule has 1 aromatic carbocycles. The zero-order valence-corrected chi connectivity index (χ0v) is 12.3. The lowest BCUT2D eigenvalue weighted by Crippen LogP contribution is -2.29. The summed E-state index contributed by atoms with van der Waals surface area (Å²) in [6.07, 6.45) is 1.47. The van der Waals surface area contributed by atoms with Crippen molar-refractivity contribution in [3.05, 3.63) is 30.3 Å². The molecule has 0 aromatic heterocycles. The summed E-state index contributed by atoms with van der Waals surface area (Å²) in [6.45, 7) is 3.28. The van der Waals surface area contributed by atoms with E-state index in [-0.39, 0.29) is 5.91 Å². The first-order valence-electron chi connectivity index (χ1n) is 6.23. The Morgan fingerprint density at radius 2 is 2.11 bits per heavy atom. The monoisotopic (exact) mass is 313 g/mol. The fourth-order valence-corrected chi connectivity index (χ4v) is 2.22. The van der Waals surface area contributed by atoms with Crippen LogP contribution < -0.4 is 10.1 Å². The summed E-state index contributed by atoms with van der Waals surface area (Å²) in [5, 5.41) is 3.89. The van der Waals surface area contributed by atoms with Gasteiger partial charge in [0.2, 0.25) is 5.91 Å². The number of carbonyl (C=O) groups is 1. The third kappa shape index (κ3) is 6.64. The summed E-state index contributed by atoms with van der Waals surface area (Å²) in [5.41, 5.74) is 0. The number of nitrogens with one attached hydrogen (secondary N) is 1. The van der Waals surface area contributed by atoms with Gasteiger partial charge in [-0.25, -0.2) is 0 Å². The second-order valence-corrected chi connectivity index (χ2v) is 5.09. The lowest BCUT2D eigenvalue weighted by molar-refractivity contribution is -0.121. The molecule has 0 saturated carbocycles. The SMILES string of the molecule is CC(CCBr)CNC(=O)CCOc1ccccc1. The van der Waals surface area contributed by atoms with E-state index in [2.05, 4.69) is 28.2 Å². The number of hydrogen-bond donors (Lipinski definition) is 1. The fourth-order valence-electron chi connectivity index (χ4n) is 1.44. The van der Waals surface area contributed by atoms with E-state index in [9.17, 15) is 4.79 Å². The van der Waals surface area contributed by atoms with E-state index in [1.165, 1.54) is 0 Å². The molecule has 1 amide bonds. The van der Waals surface area contributed by atoms with Crippen molar-refractivity contribution >= 4 is 21.8 Å². The van der Waals surface area contributed by atoms with Crippen LogP contribution in [0.4, 0.5) is 0 Å². The molecular weight excluding hydrogens is 294 g/mol. The first kappa shape index (κ1) is 15.0. The predicted molar refractivity (Wildman–Crippen MR) is 77.1 cm³/mol. The van der Waals surface area contributed by atoms with E-state index >= 15 is 0 Å². The summed E-state index contributed by atoms with van der Waals surface area (Å²) in [7, 11) is 0. The molecule has 4 heteroatoms. The van der Waals surface area contributed by atoms with Crippen LogP contribution in [-0.2, 0) is 4.79 Å². The van der Waals surface area contributed by atoms with Crippen molar-refractivity contribution in [2.45, 2.75) is 19.8 Å². The van der Waals surface area contributed by atoms with Crippen molar-refractivity contribution in [1.29, 1.82) is 0 Å². The van der Waals surface area contributed by atoms with Crippen molar-refractivity contribution in [2.24, 2.45) is 5.92 Å². The van der Waals surface area contributed by atoms with Gasteiger partial charge in [-0.15, -0.1) is 0 Å². The number of para-hydroxylation sites is 1. The minimum absolute atomic E-state index is 0.0485. The molecule has 0 saturated heterocycles. The van der Waals surface area contributed by atoms with Gasteiger partial charge in [-0.3, -0.25) is 4.79 Å². The minimum atomic E-state index is 0.0485. The molecular formula is C14H20BrNO2. The smallest absolute Gasteiger partial charge is 0.223 e. The van der Waals surface area contributed by atoms with Crippen molar-refractivity contribution in [2.75, 3.05) is 18.5 Å². The van der Waals surface area contributed by atoms with Gasteiger partial charge in [0.05, 0.1) is 13.0 Å². The van der Waals surface area contributed by atoms with Gasteiger partial charge in [-0.2, -0.15) is 0 Å². The quantitative estimate of drug-likeness (QED) is 0.749. The Bertz CT molecular complexity index is 343. The highest BCUT2D eigenvalue weighted by molar-refractivity contribution is 9.09. The van der Waals surface area contributed by atoms with E-state index in [1.807, 2.05) is 30.3 Å². The van der Waals surface area contributed by atoms with Crippen LogP contribution in [0.3, 0.4) is 0 Å². The number of hydrogen-bond acceptors (Lipinski definition) is 2. The highest BCUT2D eigenvalue weighted by atomic mass is 79.9. The zero-order chi connectivity index (χ0) is 13.2. The second-order valence-electron chi connectivity index (χ2n) is 4.30. The Morgan fingerprint density at radius 3 is 2.78 bits per heavy atom. The highest BCUT2D eigenvalue weighted by Crippen LogP contribution is 2.08. The molecule has 1 atom stereocenters. The van der Waals surface area contributed by atoms with E-state index < -0.39 is 0 Å². The minimum Gasteiger partial charge on any atom is -0.493 e. The number of alkyl halides is 1. The topological polar surface area (TPSA) is 38.3 Å². The maximum absolute atomic E-state index is 11.5. The zero-order valence-electron chi connectivity index (χ0n) is 10.7. The average Bonchev–Trinajstić information content (AvgIpc) is 2.38. The summed E-state index contributed by atoms with van der Waals surface area (Å²) < 4.78 is 5.46. The second kappa shape index (κ2) is 8.97. The Hall–Kier alpha value is -1.03. The van der Waals surface area contributed by atoms with E-state index in [0.29, 0.717) is 18.9 Å². The number of halogens is 1. The van der Waals surface area contributed by atoms with Crippen LogP contribution in [0.15, 0.2) is 30.3 Å². The van der Waals surface area contributed by atoms with Gasteiger partial charge in [-0.1, -0.05) is 41.1 Å². The molecule has 100 valence electrons. The first-order chi connectivity index (χ1) is 8.72. The van der Waals surface area contributed by atoms with Gasteiger partial charge in [0.1, 0.15) is 5.75 Å². The molecule has 0 heterocycles. The molecule has 18 heavy (non-hydrogen) atoms. The van der Waals surface area contributed by atoms with Gasteiger partial charge < -0.3 is 10.1 Å². The lowest BCUT2D eigenvalue weighted by Gasteiger charge is -2.11. The molecule has 1 rings (SSSR count). The van der Waals surface area contributed by atoms with Crippen LogP contribution >= 0.6 is 15.9 Å². The molecule has 0 spiro atoms. The van der Waals surface area contributed by atoms with Crippen LogP contribution in [0.25, 0.3) is 0 Å². The molecule has 1 unspecified atom stereocenters. The van der Waals surface area contributed by atoms with Crippen molar-refractivity contribution in [3.8, 4) is 5.75 Å². The van der Waals surface area contributed by atoms with Gasteiger partial charge >= 0.3 is 0 Å². The third-order valence-electron chi connectivity index (χ3n) is 2.59. The Balaban J connectivity index is 2.10. The maximum Gasteiger partial charge on any atom is 0.223 e. The van der Waals surface area contributed by atoms with Crippen molar-refractivity contribution < 1.29 is 9.53 Å². The van der Waals surface area contributed by atoms with Gasteiger partial charge in [0.15, 0.2) is 0 Å². The summed E-state index contributed by atoms with van der Waals surface area (Å²) >= 11 is 3.39. The standard InChI is InChI=1S/C14H20BrNO2/c1-12(7-9-15)11-16-14(17)8-10-18-13-5-3-2-4-6-13/h2-6,12H,7-11H2,1H3,(H,16,17). The molecule has 0 aliphatic rings. The third-order valence-corrected chi connectivity index (χ3v) is 3.05. The average molecular weight is 314 g/mol. The molecule has 1 aromatic rings. The number of rotatable bonds is 8. The van der Waals surface area contributed by atoms with E-state index in [4.69, 9.17) is 4.74 Å². The van der Waals surface area contributed by atoms with E-state index in [0.717, 1.165) is 24.0 Å². The molecule has 0 aliphatic heterocycles. The van der Waals surface area contributed by atoms with Crippen molar-refractivity contribution in [1.82, 2.24) is 5.32 Å². The summed E-state index contributed by atoms with van der Waals surface area (Å²) in [5.74, 6) is 1.36. The fraction of sp³-hybridized carbons (Fsp3) is 0.500. The Labute approximate surface area is 117 Å². The largest absolute Gasteiger partial charge is 0.493 e. The normalized spacial score (nSPS) is 11.9. The predicted octanol–water partition coefficient (Wildman–Crippen LogP) is 2.99. The molecule has 3 nitrogen and oxygen atoms in total. The maximum atomic E-state index is 11.5. The summed E-state index contributed by atoms with van der Waals surface area (Å²) in [4.78, 5) is 11.5. The molecule has 0 bridgehead atoms. The number of amides is 1. The molecule has 1 N–H and O–H groups in total. The highest BCUT2D eigenvalue weighted by Gasteiger charge is 2.05. The van der Waals surface area contributed by atoms with E-state index in [1.54, 1.807) is 0 Å². The Kier molecular flexibility index (Phi) is 7.49. The van der Waals surface area contributed by atoms with Crippen LogP contribution in [0, 0.1) is 5.92 Å². The molecule has 0 aliphatic carbocycles. The van der Waals surface area contributed by atoms with Gasteiger partial charge in [0.25, 0.3) is 0 Å². The number of ether oxygens (including phenoxy) is 1. The van der Waals surface area contributed by atoms with Gasteiger partial charge in [0, 0.05) is 11.9 Å². The van der Waals surface area contributed by atoms with Gasteiger partial charge in [-0.05, 0) is 24.5 Å². The van der Waals surface area contributed by atoms with Crippen LogP contribution in [0.5, 0.6) is 5.75 Å². The van der Waals surface area contributed by atoms with Crippen molar-refractivity contribution in [3.63, 3.8) is 0 Å². The number of benzene rings is 1. The van der Waals surface area contributed by atoms with Crippen LogP contribution in [-0.4, -0.2) is 24.4 Å². The van der Waals surface area contributed by atoms with Crippen LogP contribution in [0.1, 0.15) is 19.8 Å².